The van der Waals surface area contributed by atoms with E-state index in [-0.39, 0.29) is 0 Å². The van der Waals surface area contributed by atoms with Crippen LogP contribution in [0.2, 0.25) is 0 Å². The molecule has 1 aliphatic rings. The molecule has 1 saturated heterocycles. The molecule has 2 heterocycles. The fourth-order valence-corrected chi connectivity index (χ4v) is 2.90. The number of rotatable bonds is 4. The van der Waals surface area contributed by atoms with Crippen LogP contribution in [0.15, 0.2) is 30.6 Å². The van der Waals surface area contributed by atoms with Gasteiger partial charge in [0.1, 0.15) is 17.8 Å². The van der Waals surface area contributed by atoms with E-state index in [0.717, 1.165) is 30.3 Å². The SMILES string of the molecule is COc1ccccc1Nc1ncnc(N2CCCCCC2)c1N. The molecule has 3 rings (SSSR count). The van der Waals surface area contributed by atoms with Crippen LogP contribution in [-0.4, -0.2) is 30.2 Å². The highest BCUT2D eigenvalue weighted by Crippen LogP contribution is 2.32. The van der Waals surface area contributed by atoms with Gasteiger partial charge in [0.15, 0.2) is 11.6 Å². The van der Waals surface area contributed by atoms with Gasteiger partial charge >= 0.3 is 0 Å². The summed E-state index contributed by atoms with van der Waals surface area (Å²) < 4.78 is 5.36. The molecule has 23 heavy (non-hydrogen) atoms. The van der Waals surface area contributed by atoms with E-state index in [4.69, 9.17) is 10.5 Å². The summed E-state index contributed by atoms with van der Waals surface area (Å²) in [7, 11) is 1.65. The Hall–Kier alpha value is -2.50. The van der Waals surface area contributed by atoms with Crippen LogP contribution in [0.4, 0.5) is 23.0 Å². The number of methoxy groups -OCH3 is 1. The van der Waals surface area contributed by atoms with Crippen molar-refractivity contribution in [1.29, 1.82) is 0 Å². The van der Waals surface area contributed by atoms with Crippen LogP contribution in [0.5, 0.6) is 5.75 Å². The Kier molecular flexibility index (Phi) is 4.80. The van der Waals surface area contributed by atoms with Crippen molar-refractivity contribution >= 4 is 23.0 Å². The van der Waals surface area contributed by atoms with Crippen LogP contribution in [0, 0.1) is 0 Å². The number of hydrogen-bond donors (Lipinski definition) is 2. The van der Waals surface area contributed by atoms with E-state index >= 15 is 0 Å². The lowest BCUT2D eigenvalue weighted by Gasteiger charge is -2.23. The average Bonchev–Trinajstić information content (AvgIpc) is 2.86. The fourth-order valence-electron chi connectivity index (χ4n) is 2.90. The fraction of sp³-hybridized carbons (Fsp3) is 0.412. The Labute approximate surface area is 136 Å². The summed E-state index contributed by atoms with van der Waals surface area (Å²) in [4.78, 5) is 11.0. The molecule has 0 amide bonds. The van der Waals surface area contributed by atoms with Gasteiger partial charge in [0.25, 0.3) is 0 Å². The van der Waals surface area contributed by atoms with Gasteiger partial charge < -0.3 is 20.7 Å². The molecule has 0 aliphatic carbocycles. The third kappa shape index (κ3) is 3.47. The van der Waals surface area contributed by atoms with Crippen LogP contribution < -0.4 is 20.7 Å². The molecule has 1 aromatic heterocycles. The molecule has 0 unspecified atom stereocenters. The van der Waals surface area contributed by atoms with Crippen molar-refractivity contribution in [2.45, 2.75) is 25.7 Å². The molecule has 6 heteroatoms. The third-order valence-corrected chi connectivity index (χ3v) is 4.13. The van der Waals surface area contributed by atoms with E-state index < -0.39 is 0 Å². The molecule has 0 bridgehead atoms. The van der Waals surface area contributed by atoms with Crippen LogP contribution in [0.3, 0.4) is 0 Å². The number of hydrogen-bond acceptors (Lipinski definition) is 6. The molecule has 1 fully saturated rings. The van der Waals surface area contributed by atoms with Crippen molar-refractivity contribution in [3.8, 4) is 5.75 Å². The normalized spacial score (nSPS) is 15.1. The van der Waals surface area contributed by atoms with Gasteiger partial charge in [-0.05, 0) is 25.0 Å². The first kappa shape index (κ1) is 15.4. The zero-order valence-corrected chi connectivity index (χ0v) is 13.5. The van der Waals surface area contributed by atoms with Gasteiger partial charge in [-0.3, -0.25) is 0 Å². The minimum absolute atomic E-state index is 0.584. The number of nitrogens with one attached hydrogen (secondary N) is 1. The molecular formula is C17H23N5O. The van der Waals surface area contributed by atoms with E-state index in [1.165, 1.54) is 25.7 Å². The number of ether oxygens (including phenoxy) is 1. The van der Waals surface area contributed by atoms with E-state index in [1.54, 1.807) is 13.4 Å². The van der Waals surface area contributed by atoms with Crippen molar-refractivity contribution in [2.75, 3.05) is 36.1 Å². The van der Waals surface area contributed by atoms with Crippen molar-refractivity contribution in [3.05, 3.63) is 30.6 Å². The molecule has 122 valence electrons. The van der Waals surface area contributed by atoms with Gasteiger partial charge in [0.2, 0.25) is 0 Å². The first-order chi connectivity index (χ1) is 11.3. The first-order valence-corrected chi connectivity index (χ1v) is 8.05. The zero-order valence-electron chi connectivity index (χ0n) is 13.5. The Morgan fingerprint density at radius 1 is 1.09 bits per heavy atom. The number of nitrogen functional groups attached to an aromatic ring is 1. The lowest BCUT2D eigenvalue weighted by atomic mass is 10.2. The van der Waals surface area contributed by atoms with E-state index in [1.807, 2.05) is 24.3 Å². The van der Waals surface area contributed by atoms with E-state index in [2.05, 4.69) is 20.2 Å². The third-order valence-electron chi connectivity index (χ3n) is 4.13. The van der Waals surface area contributed by atoms with Crippen LogP contribution >= 0.6 is 0 Å². The summed E-state index contributed by atoms with van der Waals surface area (Å²) >= 11 is 0. The van der Waals surface area contributed by atoms with Gasteiger partial charge in [-0.1, -0.05) is 25.0 Å². The van der Waals surface area contributed by atoms with Crippen molar-refractivity contribution < 1.29 is 4.74 Å². The molecule has 0 spiro atoms. The largest absolute Gasteiger partial charge is 0.495 e. The quantitative estimate of drug-likeness (QED) is 0.903. The number of anilines is 4. The number of aromatic nitrogens is 2. The van der Waals surface area contributed by atoms with Crippen molar-refractivity contribution in [2.24, 2.45) is 0 Å². The van der Waals surface area contributed by atoms with Gasteiger partial charge in [0, 0.05) is 13.1 Å². The summed E-state index contributed by atoms with van der Waals surface area (Å²) in [5, 5.41) is 3.26. The summed E-state index contributed by atoms with van der Waals surface area (Å²) in [6.45, 7) is 1.99. The second kappa shape index (κ2) is 7.17. The lowest BCUT2D eigenvalue weighted by Crippen LogP contribution is -2.26. The molecule has 0 saturated carbocycles. The summed E-state index contributed by atoms with van der Waals surface area (Å²) in [5.41, 5.74) is 7.75. The predicted molar refractivity (Wildman–Crippen MR) is 93.4 cm³/mol. The summed E-state index contributed by atoms with van der Waals surface area (Å²) in [6.07, 6.45) is 6.47. The van der Waals surface area contributed by atoms with Crippen molar-refractivity contribution in [3.63, 3.8) is 0 Å². The Balaban J connectivity index is 1.87. The topological polar surface area (TPSA) is 76.3 Å². The van der Waals surface area contributed by atoms with Gasteiger partial charge in [-0.2, -0.15) is 0 Å². The first-order valence-electron chi connectivity index (χ1n) is 8.05. The lowest BCUT2D eigenvalue weighted by molar-refractivity contribution is 0.417. The molecule has 3 N–H and O–H groups in total. The maximum Gasteiger partial charge on any atom is 0.159 e. The highest BCUT2D eigenvalue weighted by atomic mass is 16.5. The summed E-state index contributed by atoms with van der Waals surface area (Å²) in [6, 6.07) is 7.70. The Bertz CT molecular complexity index is 653. The predicted octanol–water partition coefficient (Wildman–Crippen LogP) is 3.19. The van der Waals surface area contributed by atoms with Crippen molar-refractivity contribution in [1.82, 2.24) is 9.97 Å². The smallest absolute Gasteiger partial charge is 0.159 e. The second-order valence-corrected chi connectivity index (χ2v) is 5.69. The minimum Gasteiger partial charge on any atom is -0.495 e. The van der Waals surface area contributed by atoms with Gasteiger partial charge in [-0.25, -0.2) is 9.97 Å². The van der Waals surface area contributed by atoms with E-state index in [0.29, 0.717) is 11.5 Å². The molecule has 1 aromatic carbocycles. The molecule has 6 nitrogen and oxygen atoms in total. The van der Waals surface area contributed by atoms with Crippen LogP contribution in [0.25, 0.3) is 0 Å². The highest BCUT2D eigenvalue weighted by molar-refractivity contribution is 5.79. The molecule has 1 aliphatic heterocycles. The zero-order chi connectivity index (χ0) is 16.1. The Morgan fingerprint density at radius 2 is 1.83 bits per heavy atom. The van der Waals surface area contributed by atoms with E-state index in [9.17, 15) is 0 Å². The number of nitrogens with two attached hydrogens (primary N) is 1. The van der Waals surface area contributed by atoms with Crippen LogP contribution in [-0.2, 0) is 0 Å². The molecular weight excluding hydrogens is 290 g/mol. The van der Waals surface area contributed by atoms with Gasteiger partial charge in [0.05, 0.1) is 12.8 Å². The number of para-hydroxylation sites is 2. The average molecular weight is 313 g/mol. The molecule has 0 atom stereocenters. The highest BCUT2D eigenvalue weighted by Gasteiger charge is 2.17. The van der Waals surface area contributed by atoms with Crippen LogP contribution in [0.1, 0.15) is 25.7 Å². The Morgan fingerprint density at radius 3 is 2.57 bits per heavy atom. The minimum atomic E-state index is 0.584. The maximum absolute atomic E-state index is 6.33. The number of nitrogens with zero attached hydrogens (tertiary/aromatic N) is 3. The standard InChI is InChI=1S/C17H23N5O/c1-23-14-9-5-4-8-13(14)21-16-15(18)17(20-12-19-16)22-10-6-2-3-7-11-22/h4-5,8-9,12H,2-3,6-7,10-11,18H2,1H3,(H,19,20,21). The monoisotopic (exact) mass is 313 g/mol. The molecule has 2 aromatic rings. The molecule has 0 radical (unpaired) electrons. The summed E-state index contributed by atoms with van der Waals surface area (Å²) in [5.74, 6) is 2.19. The second-order valence-electron chi connectivity index (χ2n) is 5.69. The number of benzene rings is 1. The maximum atomic E-state index is 6.33. The van der Waals surface area contributed by atoms with Gasteiger partial charge in [-0.15, -0.1) is 0 Å².